The van der Waals surface area contributed by atoms with Crippen molar-refractivity contribution in [1.82, 2.24) is 20.4 Å². The molecule has 0 saturated heterocycles. The number of hydrogen-bond acceptors (Lipinski definition) is 5. The van der Waals surface area contributed by atoms with Crippen LogP contribution in [-0.4, -0.2) is 21.0 Å². The summed E-state index contributed by atoms with van der Waals surface area (Å²) in [5, 5.41) is 6.19. The third-order valence-corrected chi connectivity index (χ3v) is 2.24. The van der Waals surface area contributed by atoms with Crippen LogP contribution in [0.3, 0.4) is 0 Å². The average Bonchev–Trinajstić information content (AvgIpc) is 2.80. The van der Waals surface area contributed by atoms with E-state index in [-0.39, 0.29) is 12.5 Å². The summed E-state index contributed by atoms with van der Waals surface area (Å²) in [6.45, 7) is 0.215. The van der Waals surface area contributed by atoms with Crippen molar-refractivity contribution < 1.29 is 9.32 Å². The summed E-state index contributed by atoms with van der Waals surface area (Å²) in [5.41, 5.74) is 0.340. The highest BCUT2D eigenvalue weighted by Gasteiger charge is 2.07. The second-order valence-corrected chi connectivity index (χ2v) is 3.81. The minimum absolute atomic E-state index is 0.215. The molecule has 16 heavy (non-hydrogen) atoms. The highest BCUT2D eigenvalue weighted by atomic mass is 79.9. The second-order valence-electron chi connectivity index (χ2n) is 2.89. The quantitative estimate of drug-likeness (QED) is 0.914. The van der Waals surface area contributed by atoms with Gasteiger partial charge >= 0.3 is 0 Å². The molecule has 0 aliphatic rings. The number of hydrogen-bond donors (Lipinski definition) is 1. The third kappa shape index (κ3) is 2.63. The van der Waals surface area contributed by atoms with Crippen molar-refractivity contribution >= 4 is 21.8 Å². The Kier molecular flexibility index (Phi) is 3.25. The number of pyridine rings is 1. The number of amides is 1. The van der Waals surface area contributed by atoms with Crippen LogP contribution in [0, 0.1) is 0 Å². The maximum Gasteiger partial charge on any atom is 0.270 e. The highest BCUT2D eigenvalue weighted by molar-refractivity contribution is 9.10. The summed E-state index contributed by atoms with van der Waals surface area (Å²) in [7, 11) is 0. The molecular formula is C9H7BrN4O2. The molecule has 0 spiro atoms. The van der Waals surface area contributed by atoms with Crippen LogP contribution in [0.15, 0.2) is 33.7 Å². The molecule has 2 rings (SSSR count). The van der Waals surface area contributed by atoms with Gasteiger partial charge in [-0.1, -0.05) is 5.16 Å². The first kappa shape index (κ1) is 10.7. The predicted octanol–water partition coefficient (Wildman–Crippen LogP) is 1.16. The van der Waals surface area contributed by atoms with Gasteiger partial charge in [-0.15, -0.1) is 0 Å². The molecule has 0 aliphatic carbocycles. The zero-order chi connectivity index (χ0) is 11.4. The minimum Gasteiger partial charge on any atom is -0.343 e. The van der Waals surface area contributed by atoms with E-state index in [0.29, 0.717) is 11.5 Å². The Morgan fingerprint density at radius 2 is 2.31 bits per heavy atom. The zero-order valence-corrected chi connectivity index (χ0v) is 9.64. The van der Waals surface area contributed by atoms with Gasteiger partial charge < -0.3 is 9.84 Å². The van der Waals surface area contributed by atoms with E-state index in [0.717, 1.165) is 4.47 Å². The zero-order valence-electron chi connectivity index (χ0n) is 8.05. The van der Waals surface area contributed by atoms with Crippen LogP contribution in [0.1, 0.15) is 16.3 Å². The molecule has 0 saturated carbocycles. The van der Waals surface area contributed by atoms with E-state index < -0.39 is 0 Å². The summed E-state index contributed by atoms with van der Waals surface area (Å²) in [6.07, 6.45) is 2.77. The predicted molar refractivity (Wildman–Crippen MR) is 57.4 cm³/mol. The van der Waals surface area contributed by atoms with Crippen molar-refractivity contribution in [1.29, 1.82) is 0 Å². The molecular weight excluding hydrogens is 276 g/mol. The Morgan fingerprint density at radius 3 is 2.94 bits per heavy atom. The molecule has 2 aromatic rings. The fraction of sp³-hybridized carbons (Fsp3) is 0.111. The third-order valence-electron chi connectivity index (χ3n) is 1.77. The van der Waals surface area contributed by atoms with Gasteiger partial charge in [-0.05, 0) is 28.1 Å². The molecule has 0 aliphatic heterocycles. The van der Waals surface area contributed by atoms with Crippen molar-refractivity contribution in [3.05, 3.63) is 40.7 Å². The number of rotatable bonds is 3. The first-order valence-corrected chi connectivity index (χ1v) is 5.20. The molecule has 0 fully saturated rings. The lowest BCUT2D eigenvalue weighted by Gasteiger charge is -2.01. The summed E-state index contributed by atoms with van der Waals surface area (Å²) in [4.78, 5) is 19.3. The summed E-state index contributed by atoms with van der Waals surface area (Å²) < 4.78 is 5.36. The van der Waals surface area contributed by atoms with Crippen LogP contribution in [-0.2, 0) is 6.54 Å². The normalized spacial score (nSPS) is 10.1. The van der Waals surface area contributed by atoms with Crippen molar-refractivity contribution in [3.8, 4) is 0 Å². The van der Waals surface area contributed by atoms with E-state index in [2.05, 4.69) is 40.9 Å². The standard InChI is InChI=1S/C9H7BrN4O2/c10-6-1-2-7(11-3-6)9(15)12-4-8-13-5-16-14-8/h1-3,5H,4H2,(H,12,15). The van der Waals surface area contributed by atoms with Gasteiger partial charge in [-0.3, -0.25) is 4.79 Å². The minimum atomic E-state index is -0.280. The van der Waals surface area contributed by atoms with Gasteiger partial charge in [-0.2, -0.15) is 4.98 Å². The molecule has 82 valence electrons. The van der Waals surface area contributed by atoms with Crippen LogP contribution < -0.4 is 5.32 Å². The van der Waals surface area contributed by atoms with Gasteiger partial charge in [0.25, 0.3) is 5.91 Å². The number of aromatic nitrogens is 3. The lowest BCUT2D eigenvalue weighted by molar-refractivity contribution is 0.0944. The van der Waals surface area contributed by atoms with Gasteiger partial charge in [0.1, 0.15) is 5.69 Å². The van der Waals surface area contributed by atoms with Crippen LogP contribution in [0.2, 0.25) is 0 Å². The topological polar surface area (TPSA) is 80.9 Å². The summed E-state index contributed by atoms with van der Waals surface area (Å²) >= 11 is 3.24. The van der Waals surface area contributed by atoms with Crippen molar-refractivity contribution in [2.24, 2.45) is 0 Å². The number of nitrogens with zero attached hydrogens (tertiary/aromatic N) is 3. The number of nitrogens with one attached hydrogen (secondary N) is 1. The largest absolute Gasteiger partial charge is 0.343 e. The van der Waals surface area contributed by atoms with Crippen LogP contribution in [0.5, 0.6) is 0 Å². The van der Waals surface area contributed by atoms with E-state index in [1.165, 1.54) is 6.39 Å². The molecule has 7 heteroatoms. The molecule has 1 amide bonds. The first-order valence-electron chi connectivity index (χ1n) is 4.41. The second kappa shape index (κ2) is 4.84. The Morgan fingerprint density at radius 1 is 1.44 bits per heavy atom. The monoisotopic (exact) mass is 282 g/mol. The molecule has 0 atom stereocenters. The van der Waals surface area contributed by atoms with Gasteiger partial charge in [0, 0.05) is 10.7 Å². The van der Waals surface area contributed by atoms with E-state index in [1.54, 1.807) is 18.3 Å². The lowest BCUT2D eigenvalue weighted by atomic mass is 10.3. The van der Waals surface area contributed by atoms with Crippen LogP contribution >= 0.6 is 15.9 Å². The molecule has 6 nitrogen and oxygen atoms in total. The van der Waals surface area contributed by atoms with Crippen LogP contribution in [0.4, 0.5) is 0 Å². The molecule has 0 radical (unpaired) electrons. The molecule has 2 heterocycles. The Bertz CT molecular complexity index is 469. The van der Waals surface area contributed by atoms with Crippen LogP contribution in [0.25, 0.3) is 0 Å². The molecule has 2 aromatic heterocycles. The van der Waals surface area contributed by atoms with Gasteiger partial charge in [0.15, 0.2) is 5.82 Å². The Labute approximate surface area is 99.2 Å². The van der Waals surface area contributed by atoms with E-state index in [4.69, 9.17) is 0 Å². The maximum absolute atomic E-state index is 11.6. The molecule has 1 N–H and O–H groups in total. The molecule has 0 aromatic carbocycles. The fourth-order valence-electron chi connectivity index (χ4n) is 1.03. The van der Waals surface area contributed by atoms with E-state index in [9.17, 15) is 4.79 Å². The van der Waals surface area contributed by atoms with Gasteiger partial charge in [0.05, 0.1) is 6.54 Å². The number of halogens is 1. The maximum atomic E-state index is 11.6. The van der Waals surface area contributed by atoms with Gasteiger partial charge in [0.2, 0.25) is 6.39 Å². The van der Waals surface area contributed by atoms with Crippen molar-refractivity contribution in [3.63, 3.8) is 0 Å². The first-order chi connectivity index (χ1) is 7.75. The van der Waals surface area contributed by atoms with Crippen molar-refractivity contribution in [2.75, 3.05) is 0 Å². The fourth-order valence-corrected chi connectivity index (χ4v) is 1.26. The molecule has 0 unspecified atom stereocenters. The molecule has 0 bridgehead atoms. The van der Waals surface area contributed by atoms with E-state index >= 15 is 0 Å². The Balaban J connectivity index is 1.95. The SMILES string of the molecule is O=C(NCc1ncon1)c1ccc(Br)cn1. The summed E-state index contributed by atoms with van der Waals surface area (Å²) in [6, 6.07) is 3.37. The van der Waals surface area contributed by atoms with E-state index in [1.807, 2.05) is 0 Å². The number of carbonyl (C=O) groups is 1. The van der Waals surface area contributed by atoms with Crippen molar-refractivity contribution in [2.45, 2.75) is 6.54 Å². The Hall–Kier alpha value is -1.76. The lowest BCUT2D eigenvalue weighted by Crippen LogP contribution is -2.24. The number of carbonyl (C=O) groups excluding carboxylic acids is 1. The summed E-state index contributed by atoms with van der Waals surface area (Å²) in [5.74, 6) is 0.141. The highest BCUT2D eigenvalue weighted by Crippen LogP contribution is 2.07. The smallest absolute Gasteiger partial charge is 0.270 e. The average molecular weight is 283 g/mol. The van der Waals surface area contributed by atoms with Gasteiger partial charge in [-0.25, -0.2) is 4.98 Å².